The number of ketones is 1. The Balaban J connectivity index is 1.40. The Hall–Kier alpha value is -3.54. The van der Waals surface area contributed by atoms with Crippen molar-refractivity contribution in [3.05, 3.63) is 81.9 Å². The van der Waals surface area contributed by atoms with Gasteiger partial charge in [0.15, 0.2) is 5.78 Å². The van der Waals surface area contributed by atoms with Crippen molar-refractivity contribution in [1.29, 1.82) is 0 Å². The Kier molecular flexibility index (Phi) is 5.33. The zero-order valence-electron chi connectivity index (χ0n) is 15.9. The lowest BCUT2D eigenvalue weighted by atomic mass is 10.00. The lowest BCUT2D eigenvalue weighted by molar-refractivity contribution is -0.122. The van der Waals surface area contributed by atoms with E-state index in [2.05, 4.69) is 15.3 Å². The van der Waals surface area contributed by atoms with E-state index in [0.29, 0.717) is 48.1 Å². The SMILES string of the molecule is O=C(CC1=C(c2ccccc2)CCC1=O)NCCc1nc2ccccc2c(=O)[nH]1. The van der Waals surface area contributed by atoms with E-state index in [4.69, 9.17) is 0 Å². The van der Waals surface area contributed by atoms with E-state index in [-0.39, 0.29) is 23.7 Å². The molecule has 0 radical (unpaired) electrons. The summed E-state index contributed by atoms with van der Waals surface area (Å²) in [4.78, 5) is 44.0. The van der Waals surface area contributed by atoms with E-state index in [1.165, 1.54) is 0 Å². The smallest absolute Gasteiger partial charge is 0.258 e. The maximum Gasteiger partial charge on any atom is 0.258 e. The maximum atomic E-state index is 12.4. The average molecular weight is 387 g/mol. The number of hydrogen-bond donors (Lipinski definition) is 2. The van der Waals surface area contributed by atoms with Crippen LogP contribution in [0.2, 0.25) is 0 Å². The molecule has 146 valence electrons. The summed E-state index contributed by atoms with van der Waals surface area (Å²) in [6, 6.07) is 16.9. The van der Waals surface area contributed by atoms with Gasteiger partial charge in [-0.05, 0) is 29.7 Å². The van der Waals surface area contributed by atoms with E-state index < -0.39 is 0 Å². The van der Waals surface area contributed by atoms with Crippen LogP contribution in [0.3, 0.4) is 0 Å². The highest BCUT2D eigenvalue weighted by molar-refractivity contribution is 6.10. The van der Waals surface area contributed by atoms with Crippen LogP contribution in [0.25, 0.3) is 16.5 Å². The molecule has 0 unspecified atom stereocenters. The first kappa shape index (κ1) is 18.8. The Morgan fingerprint density at radius 2 is 1.76 bits per heavy atom. The van der Waals surface area contributed by atoms with E-state index >= 15 is 0 Å². The molecular weight excluding hydrogens is 366 g/mol. The van der Waals surface area contributed by atoms with Crippen LogP contribution in [-0.4, -0.2) is 28.2 Å². The van der Waals surface area contributed by atoms with Crippen molar-refractivity contribution in [2.24, 2.45) is 0 Å². The zero-order chi connectivity index (χ0) is 20.2. The number of aromatic amines is 1. The molecule has 2 N–H and O–H groups in total. The number of amides is 1. The summed E-state index contributed by atoms with van der Waals surface area (Å²) in [7, 11) is 0. The summed E-state index contributed by atoms with van der Waals surface area (Å²) >= 11 is 0. The highest BCUT2D eigenvalue weighted by Crippen LogP contribution is 2.33. The number of Topliss-reactive ketones (excluding diaryl/α,β-unsaturated/α-hetero) is 1. The molecule has 3 aromatic rings. The van der Waals surface area contributed by atoms with Gasteiger partial charge in [0.1, 0.15) is 5.82 Å². The summed E-state index contributed by atoms with van der Waals surface area (Å²) in [5.74, 6) is 0.362. The molecule has 2 aromatic carbocycles. The Morgan fingerprint density at radius 3 is 2.59 bits per heavy atom. The van der Waals surface area contributed by atoms with Crippen molar-refractivity contribution in [3.63, 3.8) is 0 Å². The Labute approximate surface area is 167 Å². The highest BCUT2D eigenvalue weighted by Gasteiger charge is 2.25. The van der Waals surface area contributed by atoms with Gasteiger partial charge in [0.2, 0.25) is 5.91 Å². The van der Waals surface area contributed by atoms with Crippen LogP contribution in [-0.2, 0) is 16.0 Å². The quantitative estimate of drug-likeness (QED) is 0.680. The number of nitrogens with zero attached hydrogens (tertiary/aromatic N) is 1. The van der Waals surface area contributed by atoms with Crippen LogP contribution in [0, 0.1) is 0 Å². The minimum absolute atomic E-state index is 0.0412. The van der Waals surface area contributed by atoms with Gasteiger partial charge in [-0.1, -0.05) is 42.5 Å². The zero-order valence-corrected chi connectivity index (χ0v) is 15.9. The molecule has 0 spiro atoms. The monoisotopic (exact) mass is 387 g/mol. The molecule has 0 saturated heterocycles. The lowest BCUT2D eigenvalue weighted by Gasteiger charge is -2.08. The van der Waals surface area contributed by atoms with E-state index in [1.54, 1.807) is 18.2 Å². The van der Waals surface area contributed by atoms with Gasteiger partial charge in [-0.2, -0.15) is 0 Å². The second kappa shape index (κ2) is 8.22. The van der Waals surface area contributed by atoms with Crippen molar-refractivity contribution in [3.8, 4) is 0 Å². The highest BCUT2D eigenvalue weighted by atomic mass is 16.2. The van der Waals surface area contributed by atoms with Crippen molar-refractivity contribution < 1.29 is 9.59 Å². The van der Waals surface area contributed by atoms with Gasteiger partial charge < -0.3 is 10.3 Å². The second-order valence-corrected chi connectivity index (χ2v) is 7.05. The summed E-state index contributed by atoms with van der Waals surface area (Å²) in [6.45, 7) is 0.336. The molecule has 0 atom stereocenters. The standard InChI is InChI=1S/C23H21N3O3/c27-20-11-10-16(15-6-2-1-3-7-15)18(20)14-22(28)24-13-12-21-25-19-9-5-4-8-17(19)23(29)26-21/h1-9H,10-14H2,(H,24,28)(H,25,26,29). The third-order valence-corrected chi connectivity index (χ3v) is 5.11. The molecule has 1 aliphatic carbocycles. The van der Waals surface area contributed by atoms with Crippen LogP contribution in [0.1, 0.15) is 30.7 Å². The third-order valence-electron chi connectivity index (χ3n) is 5.11. The van der Waals surface area contributed by atoms with Gasteiger partial charge in [-0.3, -0.25) is 14.4 Å². The molecule has 6 heteroatoms. The number of benzene rings is 2. The van der Waals surface area contributed by atoms with Gasteiger partial charge in [0.25, 0.3) is 5.56 Å². The van der Waals surface area contributed by atoms with Crippen LogP contribution < -0.4 is 10.9 Å². The summed E-state index contributed by atoms with van der Waals surface area (Å²) in [5, 5.41) is 3.37. The van der Waals surface area contributed by atoms with Crippen molar-refractivity contribution in [2.45, 2.75) is 25.7 Å². The number of rotatable bonds is 6. The van der Waals surface area contributed by atoms with Crippen LogP contribution in [0.5, 0.6) is 0 Å². The number of allylic oxidation sites excluding steroid dienone is 1. The van der Waals surface area contributed by atoms with Crippen LogP contribution >= 0.6 is 0 Å². The number of hydrogen-bond acceptors (Lipinski definition) is 4. The first-order chi connectivity index (χ1) is 14.1. The molecule has 29 heavy (non-hydrogen) atoms. The number of carbonyl (C=O) groups is 2. The molecule has 6 nitrogen and oxygen atoms in total. The maximum absolute atomic E-state index is 12.4. The molecule has 4 rings (SSSR count). The van der Waals surface area contributed by atoms with E-state index in [9.17, 15) is 14.4 Å². The number of aromatic nitrogens is 2. The number of H-pyrrole nitrogens is 1. The fraction of sp³-hybridized carbons (Fsp3) is 0.217. The van der Waals surface area contributed by atoms with Crippen molar-refractivity contribution in [1.82, 2.24) is 15.3 Å². The summed E-state index contributed by atoms with van der Waals surface area (Å²) < 4.78 is 0. The average Bonchev–Trinajstić information content (AvgIpc) is 3.09. The van der Waals surface area contributed by atoms with Crippen LogP contribution in [0.4, 0.5) is 0 Å². The van der Waals surface area contributed by atoms with Crippen molar-refractivity contribution >= 4 is 28.2 Å². The van der Waals surface area contributed by atoms with E-state index in [1.807, 2.05) is 36.4 Å². The van der Waals surface area contributed by atoms with Crippen LogP contribution in [0.15, 0.2) is 65.0 Å². The molecule has 0 fully saturated rings. The van der Waals surface area contributed by atoms with Gasteiger partial charge in [-0.15, -0.1) is 0 Å². The number of para-hydroxylation sites is 1. The number of carbonyl (C=O) groups excluding carboxylic acids is 2. The van der Waals surface area contributed by atoms with Crippen molar-refractivity contribution in [2.75, 3.05) is 6.54 Å². The normalized spacial score (nSPS) is 13.9. The summed E-state index contributed by atoms with van der Waals surface area (Å²) in [5.41, 5.74) is 3.01. The Bertz CT molecular complexity index is 1160. The minimum atomic E-state index is -0.202. The molecule has 0 bridgehead atoms. The van der Waals surface area contributed by atoms with Gasteiger partial charge in [0.05, 0.1) is 17.3 Å². The molecule has 1 aromatic heterocycles. The first-order valence-electron chi connectivity index (χ1n) is 9.67. The summed E-state index contributed by atoms with van der Waals surface area (Å²) in [6.07, 6.45) is 1.61. The third kappa shape index (κ3) is 4.16. The number of fused-ring (bicyclic) bond motifs is 1. The van der Waals surface area contributed by atoms with E-state index in [0.717, 1.165) is 11.1 Å². The second-order valence-electron chi connectivity index (χ2n) is 7.05. The number of nitrogens with one attached hydrogen (secondary N) is 2. The predicted octanol–water partition coefficient (Wildman–Crippen LogP) is 2.79. The fourth-order valence-electron chi connectivity index (χ4n) is 3.67. The molecular formula is C23H21N3O3. The Morgan fingerprint density at radius 1 is 1.00 bits per heavy atom. The first-order valence-corrected chi connectivity index (χ1v) is 9.67. The minimum Gasteiger partial charge on any atom is -0.355 e. The topological polar surface area (TPSA) is 91.9 Å². The largest absolute Gasteiger partial charge is 0.355 e. The fourth-order valence-corrected chi connectivity index (χ4v) is 3.67. The molecule has 0 saturated carbocycles. The van der Waals surface area contributed by atoms with Gasteiger partial charge in [-0.25, -0.2) is 4.98 Å². The van der Waals surface area contributed by atoms with Gasteiger partial charge >= 0.3 is 0 Å². The molecule has 1 aliphatic rings. The molecule has 1 amide bonds. The predicted molar refractivity (Wildman–Crippen MR) is 111 cm³/mol. The van der Waals surface area contributed by atoms with Gasteiger partial charge in [0, 0.05) is 25.0 Å². The lowest BCUT2D eigenvalue weighted by Crippen LogP contribution is -2.27. The molecule has 1 heterocycles. The molecule has 0 aliphatic heterocycles.